The topological polar surface area (TPSA) is 59.3 Å². The average Bonchev–Trinajstić information content (AvgIpc) is 2.77. The van der Waals surface area contributed by atoms with Crippen LogP contribution < -0.4 is 0 Å². The van der Waals surface area contributed by atoms with E-state index in [2.05, 4.69) is 0 Å². The number of nitrogens with zero attached hydrogens (tertiary/aromatic N) is 1. The Bertz CT molecular complexity index is 960. The van der Waals surface area contributed by atoms with Crippen LogP contribution in [0.4, 0.5) is 8.78 Å². The van der Waals surface area contributed by atoms with Gasteiger partial charge in [-0.1, -0.05) is 12.1 Å². The summed E-state index contributed by atoms with van der Waals surface area (Å²) in [5.74, 6) is -3.03. The zero-order valence-corrected chi connectivity index (χ0v) is 12.0. The van der Waals surface area contributed by atoms with Crippen LogP contribution in [0.5, 0.6) is 5.88 Å². The fourth-order valence-corrected chi connectivity index (χ4v) is 2.56. The lowest BCUT2D eigenvalue weighted by Gasteiger charge is -2.02. The highest BCUT2D eigenvalue weighted by Gasteiger charge is 2.25. The van der Waals surface area contributed by atoms with Gasteiger partial charge < -0.3 is 5.11 Å². The second kappa shape index (κ2) is 5.31. The molecule has 0 amide bonds. The molecule has 0 saturated carbocycles. The molecule has 0 unspecified atom stereocenters. The van der Waals surface area contributed by atoms with Crippen molar-refractivity contribution >= 4 is 22.6 Å². The minimum atomic E-state index is -0.654. The Morgan fingerprint density at radius 1 is 1.04 bits per heavy atom. The van der Waals surface area contributed by atoms with Crippen molar-refractivity contribution < 1.29 is 23.5 Å². The fraction of sp³-hybridized carbons (Fsp3) is 0.0588. The molecule has 2 aromatic carbocycles. The molecule has 0 aliphatic heterocycles. The van der Waals surface area contributed by atoms with Gasteiger partial charge in [-0.25, -0.2) is 13.3 Å². The van der Waals surface area contributed by atoms with Crippen molar-refractivity contribution in [2.75, 3.05) is 0 Å². The molecule has 116 valence electrons. The number of fused-ring (bicyclic) bond motifs is 1. The Morgan fingerprint density at radius 3 is 2.39 bits per heavy atom. The zero-order valence-electron chi connectivity index (χ0n) is 12.0. The van der Waals surface area contributed by atoms with Gasteiger partial charge in [-0.3, -0.25) is 9.59 Å². The van der Waals surface area contributed by atoms with E-state index in [0.29, 0.717) is 0 Å². The summed E-state index contributed by atoms with van der Waals surface area (Å²) in [6.07, 6.45) is 0. The minimum absolute atomic E-state index is 0.0206. The maximum absolute atomic E-state index is 13.5. The highest BCUT2D eigenvalue weighted by Crippen LogP contribution is 2.33. The summed E-state index contributed by atoms with van der Waals surface area (Å²) < 4.78 is 27.6. The summed E-state index contributed by atoms with van der Waals surface area (Å²) in [6.45, 7) is 1.18. The van der Waals surface area contributed by atoms with Gasteiger partial charge in [-0.2, -0.15) is 0 Å². The van der Waals surface area contributed by atoms with Crippen LogP contribution in [-0.2, 0) is 0 Å². The van der Waals surface area contributed by atoms with Crippen LogP contribution in [0.1, 0.15) is 27.6 Å². The maximum Gasteiger partial charge on any atom is 0.230 e. The van der Waals surface area contributed by atoms with E-state index in [4.69, 9.17) is 0 Å². The zero-order chi connectivity index (χ0) is 16.7. The molecule has 0 aliphatic rings. The molecule has 0 bridgehead atoms. The van der Waals surface area contributed by atoms with Crippen LogP contribution in [0.3, 0.4) is 0 Å². The van der Waals surface area contributed by atoms with Gasteiger partial charge in [0, 0.05) is 17.9 Å². The molecule has 6 heteroatoms. The van der Waals surface area contributed by atoms with Crippen LogP contribution in [0, 0.1) is 11.6 Å². The summed E-state index contributed by atoms with van der Waals surface area (Å²) in [7, 11) is 0. The van der Waals surface area contributed by atoms with Crippen LogP contribution >= 0.6 is 0 Å². The van der Waals surface area contributed by atoms with Crippen molar-refractivity contribution in [2.24, 2.45) is 0 Å². The molecule has 0 aliphatic carbocycles. The molecular formula is C17H11F2NO3. The lowest BCUT2D eigenvalue weighted by atomic mass is 10.0. The third-order valence-electron chi connectivity index (χ3n) is 3.53. The molecule has 3 aromatic rings. The van der Waals surface area contributed by atoms with E-state index in [1.54, 1.807) is 0 Å². The SMILES string of the molecule is CC(=O)n1c(O)c(C(=O)c2cccc(F)c2)c2ccc(F)cc21. The molecule has 1 heterocycles. The predicted molar refractivity (Wildman–Crippen MR) is 79.7 cm³/mol. The molecule has 1 N–H and O–H groups in total. The van der Waals surface area contributed by atoms with Crippen LogP contribution in [0.25, 0.3) is 10.9 Å². The Hall–Kier alpha value is -3.02. The van der Waals surface area contributed by atoms with Crippen molar-refractivity contribution in [2.45, 2.75) is 6.92 Å². The molecule has 0 radical (unpaired) electrons. The lowest BCUT2D eigenvalue weighted by molar-refractivity contribution is 0.0933. The lowest BCUT2D eigenvalue weighted by Crippen LogP contribution is -2.06. The highest BCUT2D eigenvalue weighted by atomic mass is 19.1. The number of aromatic hydroxyl groups is 1. The molecule has 4 nitrogen and oxygen atoms in total. The van der Waals surface area contributed by atoms with Crippen molar-refractivity contribution in [3.8, 4) is 5.88 Å². The molecule has 0 fully saturated rings. The average molecular weight is 315 g/mol. The standard InChI is InChI=1S/C17H11F2NO3/c1-9(21)20-14-8-12(19)5-6-13(14)15(17(20)23)16(22)10-3-2-4-11(18)7-10/h2-8,23H,1H3. The summed E-state index contributed by atoms with van der Waals surface area (Å²) in [4.78, 5) is 24.3. The molecule has 23 heavy (non-hydrogen) atoms. The van der Waals surface area contributed by atoms with Crippen molar-refractivity contribution in [1.82, 2.24) is 4.57 Å². The first-order valence-electron chi connectivity index (χ1n) is 6.74. The van der Waals surface area contributed by atoms with E-state index in [9.17, 15) is 23.5 Å². The van der Waals surface area contributed by atoms with Gasteiger partial charge in [-0.05, 0) is 30.3 Å². The maximum atomic E-state index is 13.5. The first kappa shape index (κ1) is 14.9. The van der Waals surface area contributed by atoms with Crippen LogP contribution in [-0.4, -0.2) is 21.4 Å². The van der Waals surface area contributed by atoms with E-state index in [1.807, 2.05) is 0 Å². The summed E-state index contributed by atoms with van der Waals surface area (Å²) in [5.41, 5.74) is -0.0669. The summed E-state index contributed by atoms with van der Waals surface area (Å²) in [5, 5.41) is 10.5. The van der Waals surface area contributed by atoms with E-state index in [0.717, 1.165) is 22.8 Å². The number of hydrogen-bond donors (Lipinski definition) is 1. The van der Waals surface area contributed by atoms with Gasteiger partial charge >= 0.3 is 0 Å². The number of aromatic nitrogens is 1. The molecule has 1 aromatic heterocycles. The number of ketones is 1. The highest BCUT2D eigenvalue weighted by molar-refractivity contribution is 6.19. The number of benzene rings is 2. The summed E-state index contributed by atoms with van der Waals surface area (Å²) >= 11 is 0. The molecule has 0 atom stereocenters. The second-order valence-electron chi connectivity index (χ2n) is 5.05. The van der Waals surface area contributed by atoms with Crippen LogP contribution in [0.15, 0.2) is 42.5 Å². The third kappa shape index (κ3) is 2.38. The Morgan fingerprint density at radius 2 is 1.74 bits per heavy atom. The van der Waals surface area contributed by atoms with Gasteiger partial charge in [0.1, 0.15) is 11.6 Å². The van der Waals surface area contributed by atoms with Gasteiger partial charge in [0.05, 0.1) is 11.1 Å². The smallest absolute Gasteiger partial charge is 0.230 e. The van der Waals surface area contributed by atoms with Crippen LogP contribution in [0.2, 0.25) is 0 Å². The predicted octanol–water partition coefficient (Wildman–Crippen LogP) is 3.52. The number of carbonyl (C=O) groups excluding carboxylic acids is 2. The molecule has 0 spiro atoms. The monoisotopic (exact) mass is 315 g/mol. The fourth-order valence-electron chi connectivity index (χ4n) is 2.56. The number of rotatable bonds is 2. The normalized spacial score (nSPS) is 10.9. The number of carbonyl (C=O) groups is 2. The van der Waals surface area contributed by atoms with E-state index < -0.39 is 29.2 Å². The first-order valence-corrected chi connectivity index (χ1v) is 6.74. The molecular weight excluding hydrogens is 304 g/mol. The number of halogens is 2. The largest absolute Gasteiger partial charge is 0.494 e. The van der Waals surface area contributed by atoms with Gasteiger partial charge in [-0.15, -0.1) is 0 Å². The van der Waals surface area contributed by atoms with Gasteiger partial charge in [0.15, 0.2) is 5.78 Å². The molecule has 3 rings (SSSR count). The van der Waals surface area contributed by atoms with E-state index in [-0.39, 0.29) is 22.0 Å². The van der Waals surface area contributed by atoms with Crippen molar-refractivity contribution in [1.29, 1.82) is 0 Å². The minimum Gasteiger partial charge on any atom is -0.494 e. The summed E-state index contributed by atoms with van der Waals surface area (Å²) in [6, 6.07) is 8.45. The second-order valence-corrected chi connectivity index (χ2v) is 5.05. The number of hydrogen-bond acceptors (Lipinski definition) is 3. The van der Waals surface area contributed by atoms with Gasteiger partial charge in [0.25, 0.3) is 0 Å². The van der Waals surface area contributed by atoms with Crippen molar-refractivity contribution in [3.05, 3.63) is 65.2 Å². The molecule has 0 saturated heterocycles. The van der Waals surface area contributed by atoms with Crippen molar-refractivity contribution in [3.63, 3.8) is 0 Å². The quantitative estimate of drug-likeness (QED) is 0.736. The Labute approximate surface area is 129 Å². The van der Waals surface area contributed by atoms with E-state index >= 15 is 0 Å². The third-order valence-corrected chi connectivity index (χ3v) is 3.53. The first-order chi connectivity index (χ1) is 10.9. The van der Waals surface area contributed by atoms with E-state index in [1.165, 1.54) is 31.2 Å². The van der Waals surface area contributed by atoms with Gasteiger partial charge in [0.2, 0.25) is 11.8 Å². The Kier molecular flexibility index (Phi) is 3.44. The Balaban J connectivity index is 2.31.